The van der Waals surface area contributed by atoms with Crippen molar-refractivity contribution in [3.05, 3.63) is 28.0 Å². The van der Waals surface area contributed by atoms with Crippen LogP contribution in [0.15, 0.2) is 9.55 Å². The highest BCUT2D eigenvalue weighted by molar-refractivity contribution is 7.98. The van der Waals surface area contributed by atoms with Crippen LogP contribution in [0.2, 0.25) is 0 Å². The van der Waals surface area contributed by atoms with Crippen LogP contribution in [-0.2, 0) is 18.6 Å². The fraction of sp³-hybridized carbons (Fsp3) is 0.500. The van der Waals surface area contributed by atoms with Crippen LogP contribution in [0.5, 0.6) is 0 Å². The molecule has 5 nitrogen and oxygen atoms in total. The van der Waals surface area contributed by atoms with E-state index >= 15 is 0 Å². The summed E-state index contributed by atoms with van der Waals surface area (Å²) in [5, 5.41) is 6.33. The summed E-state index contributed by atoms with van der Waals surface area (Å²) < 4.78 is 5.34. The second-order valence-electron chi connectivity index (χ2n) is 6.10. The molecule has 3 aromatic rings. The van der Waals surface area contributed by atoms with Gasteiger partial charge in [-0.2, -0.15) is 4.98 Å². The van der Waals surface area contributed by atoms with Gasteiger partial charge in [-0.25, -0.2) is 9.97 Å². The smallest absolute Gasteiger partial charge is 0.237 e. The van der Waals surface area contributed by atoms with Crippen molar-refractivity contribution >= 4 is 33.3 Å². The van der Waals surface area contributed by atoms with Gasteiger partial charge in [-0.3, -0.25) is 0 Å². The number of thiophene rings is 1. The summed E-state index contributed by atoms with van der Waals surface area (Å²) in [6, 6.07) is 0. The Kier molecular flexibility index (Phi) is 3.85. The molecule has 0 saturated heterocycles. The molecule has 0 radical (unpaired) electrons. The van der Waals surface area contributed by atoms with Crippen LogP contribution in [0.3, 0.4) is 0 Å². The Balaban J connectivity index is 1.65. The third kappa shape index (κ3) is 2.76. The number of aromatic nitrogens is 4. The first-order valence-electron chi connectivity index (χ1n) is 7.86. The Bertz CT molecular complexity index is 868. The Hall–Kier alpha value is -1.47. The zero-order chi connectivity index (χ0) is 16.0. The molecule has 1 aliphatic rings. The lowest BCUT2D eigenvalue weighted by Crippen LogP contribution is -1.93. The molecule has 0 aliphatic heterocycles. The quantitative estimate of drug-likeness (QED) is 0.519. The van der Waals surface area contributed by atoms with Crippen molar-refractivity contribution in [3.8, 4) is 0 Å². The van der Waals surface area contributed by atoms with Crippen molar-refractivity contribution in [2.24, 2.45) is 0 Å². The third-order valence-corrected chi connectivity index (χ3v) is 6.12. The van der Waals surface area contributed by atoms with E-state index in [4.69, 9.17) is 4.52 Å². The molecule has 0 unspecified atom stereocenters. The van der Waals surface area contributed by atoms with Gasteiger partial charge in [-0.05, 0) is 31.7 Å². The van der Waals surface area contributed by atoms with Crippen LogP contribution in [-0.4, -0.2) is 20.1 Å². The number of hydrogen-bond donors (Lipinski definition) is 0. The Labute approximate surface area is 142 Å². The summed E-state index contributed by atoms with van der Waals surface area (Å²) in [7, 11) is 0. The van der Waals surface area contributed by atoms with Gasteiger partial charge in [0, 0.05) is 16.2 Å². The van der Waals surface area contributed by atoms with E-state index in [1.807, 2.05) is 18.3 Å². The molecule has 3 heterocycles. The van der Waals surface area contributed by atoms with E-state index in [-0.39, 0.29) is 5.92 Å². The van der Waals surface area contributed by atoms with Gasteiger partial charge < -0.3 is 4.52 Å². The van der Waals surface area contributed by atoms with E-state index in [1.54, 1.807) is 11.8 Å². The van der Waals surface area contributed by atoms with Gasteiger partial charge in [0.1, 0.15) is 15.7 Å². The first-order valence-corrected chi connectivity index (χ1v) is 9.66. The van der Waals surface area contributed by atoms with Crippen molar-refractivity contribution in [2.45, 2.75) is 56.7 Å². The molecule has 0 spiro atoms. The molecular weight excluding hydrogens is 328 g/mol. The van der Waals surface area contributed by atoms with Crippen LogP contribution in [0, 0.1) is 6.92 Å². The zero-order valence-electron chi connectivity index (χ0n) is 13.4. The summed E-state index contributed by atoms with van der Waals surface area (Å²) >= 11 is 3.50. The molecule has 0 fully saturated rings. The van der Waals surface area contributed by atoms with Crippen molar-refractivity contribution in [3.63, 3.8) is 0 Å². The number of thioether (sulfide) groups is 1. The second kappa shape index (κ2) is 5.87. The van der Waals surface area contributed by atoms with Crippen LogP contribution in [0.1, 0.15) is 54.2 Å². The number of aryl methyl sites for hydroxylation is 3. The van der Waals surface area contributed by atoms with E-state index < -0.39 is 0 Å². The molecule has 1 aliphatic carbocycles. The van der Waals surface area contributed by atoms with Crippen LogP contribution >= 0.6 is 23.1 Å². The molecule has 0 N–H and O–H groups in total. The monoisotopic (exact) mass is 346 g/mol. The summed E-state index contributed by atoms with van der Waals surface area (Å²) in [6.07, 6.45) is 3.57. The number of hydrogen-bond acceptors (Lipinski definition) is 7. The number of fused-ring (bicyclic) bond motifs is 3. The molecule has 0 saturated carbocycles. The van der Waals surface area contributed by atoms with Crippen LogP contribution in [0.4, 0.5) is 0 Å². The van der Waals surface area contributed by atoms with Gasteiger partial charge >= 0.3 is 0 Å². The summed E-state index contributed by atoms with van der Waals surface area (Å²) in [5.74, 6) is 3.19. The average molecular weight is 346 g/mol. The first-order chi connectivity index (χ1) is 11.1. The van der Waals surface area contributed by atoms with E-state index in [0.29, 0.717) is 11.6 Å². The Morgan fingerprint density at radius 2 is 2.09 bits per heavy atom. The number of nitrogens with zero attached hydrogens (tertiary/aromatic N) is 4. The van der Waals surface area contributed by atoms with Gasteiger partial charge in [-0.1, -0.05) is 30.8 Å². The lowest BCUT2D eigenvalue weighted by Gasteiger charge is -2.04. The standard InChI is InChI=1S/C16H18N4OS2/c1-8(2)14-19-12(21-20-14)7-22-15-13-10-5-4-6-11(10)23-16(13)18-9(3)17-15/h8H,4-7H2,1-3H3. The maximum absolute atomic E-state index is 5.34. The number of rotatable bonds is 4. The van der Waals surface area contributed by atoms with E-state index in [0.717, 1.165) is 27.9 Å². The predicted molar refractivity (Wildman–Crippen MR) is 92.1 cm³/mol. The lowest BCUT2D eigenvalue weighted by atomic mass is 10.2. The minimum absolute atomic E-state index is 0.283. The molecule has 23 heavy (non-hydrogen) atoms. The normalized spacial score (nSPS) is 14.1. The fourth-order valence-electron chi connectivity index (χ4n) is 2.86. The zero-order valence-corrected chi connectivity index (χ0v) is 15.1. The van der Waals surface area contributed by atoms with Crippen molar-refractivity contribution in [2.75, 3.05) is 0 Å². The molecule has 120 valence electrons. The largest absolute Gasteiger partial charge is 0.338 e. The Morgan fingerprint density at radius 3 is 2.87 bits per heavy atom. The molecule has 0 atom stereocenters. The minimum atomic E-state index is 0.283. The van der Waals surface area contributed by atoms with Crippen LogP contribution < -0.4 is 0 Å². The average Bonchev–Trinajstić information content (AvgIpc) is 3.19. The van der Waals surface area contributed by atoms with Crippen molar-refractivity contribution < 1.29 is 4.52 Å². The molecule has 0 aromatic carbocycles. The highest BCUT2D eigenvalue weighted by Gasteiger charge is 2.22. The Morgan fingerprint density at radius 1 is 1.22 bits per heavy atom. The topological polar surface area (TPSA) is 64.7 Å². The maximum Gasteiger partial charge on any atom is 0.237 e. The molecule has 0 bridgehead atoms. The maximum atomic E-state index is 5.34. The predicted octanol–water partition coefficient (Wildman–Crippen LogP) is 4.29. The van der Waals surface area contributed by atoms with Crippen molar-refractivity contribution in [1.82, 2.24) is 20.1 Å². The van der Waals surface area contributed by atoms with E-state index in [1.165, 1.54) is 28.7 Å². The molecule has 7 heteroatoms. The molecule has 3 aromatic heterocycles. The van der Waals surface area contributed by atoms with E-state index in [9.17, 15) is 0 Å². The van der Waals surface area contributed by atoms with Crippen LogP contribution in [0.25, 0.3) is 10.2 Å². The highest BCUT2D eigenvalue weighted by Crippen LogP contribution is 2.40. The molecule has 0 amide bonds. The van der Waals surface area contributed by atoms with Gasteiger partial charge in [0.05, 0.1) is 5.75 Å². The van der Waals surface area contributed by atoms with Crippen molar-refractivity contribution in [1.29, 1.82) is 0 Å². The SMILES string of the molecule is Cc1nc(SCc2nc(C(C)C)no2)c2c3c(sc2n1)CCC3. The molecular formula is C16H18N4OS2. The van der Waals surface area contributed by atoms with Gasteiger partial charge in [0.15, 0.2) is 5.82 Å². The third-order valence-electron chi connectivity index (χ3n) is 3.98. The van der Waals surface area contributed by atoms with Gasteiger partial charge in [0.2, 0.25) is 5.89 Å². The van der Waals surface area contributed by atoms with Gasteiger partial charge in [0.25, 0.3) is 0 Å². The van der Waals surface area contributed by atoms with Gasteiger partial charge in [-0.15, -0.1) is 11.3 Å². The summed E-state index contributed by atoms with van der Waals surface area (Å²) in [5.41, 5.74) is 1.46. The lowest BCUT2D eigenvalue weighted by molar-refractivity contribution is 0.383. The minimum Gasteiger partial charge on any atom is -0.338 e. The summed E-state index contributed by atoms with van der Waals surface area (Å²) in [6.45, 7) is 6.08. The second-order valence-corrected chi connectivity index (χ2v) is 8.15. The summed E-state index contributed by atoms with van der Waals surface area (Å²) in [4.78, 5) is 16.4. The van der Waals surface area contributed by atoms with E-state index in [2.05, 4.69) is 34.0 Å². The fourth-order valence-corrected chi connectivity index (χ4v) is 5.17. The highest BCUT2D eigenvalue weighted by atomic mass is 32.2. The molecule has 4 rings (SSSR count). The first kappa shape index (κ1) is 15.1.